The Balaban J connectivity index is 2.10. The number of nitrogens with zero attached hydrogens (tertiary/aromatic N) is 2. The van der Waals surface area contributed by atoms with E-state index in [4.69, 9.17) is 4.42 Å². The lowest BCUT2D eigenvalue weighted by atomic mass is 10.2. The summed E-state index contributed by atoms with van der Waals surface area (Å²) < 4.78 is 7.06. The summed E-state index contributed by atoms with van der Waals surface area (Å²) >= 11 is 0. The van der Waals surface area contributed by atoms with Gasteiger partial charge in [0, 0.05) is 18.6 Å². The van der Waals surface area contributed by atoms with Gasteiger partial charge in [-0.15, -0.1) is 0 Å². The van der Waals surface area contributed by atoms with Gasteiger partial charge in [0.05, 0.1) is 0 Å². The molecule has 0 aliphatic rings. The second-order valence-corrected chi connectivity index (χ2v) is 3.82. The van der Waals surface area contributed by atoms with E-state index >= 15 is 0 Å². The van der Waals surface area contributed by atoms with Gasteiger partial charge in [0.2, 0.25) is 5.78 Å². The summed E-state index contributed by atoms with van der Waals surface area (Å²) in [5.74, 6) is 0.191. The first kappa shape index (κ1) is 9.84. The van der Waals surface area contributed by atoms with Crippen LogP contribution in [0.15, 0.2) is 47.0 Å². The number of furan rings is 1. The predicted molar refractivity (Wildman–Crippen MR) is 62.9 cm³/mol. The minimum atomic E-state index is -0.152. The van der Waals surface area contributed by atoms with Crippen molar-refractivity contribution in [3.63, 3.8) is 0 Å². The van der Waals surface area contributed by atoms with Crippen LogP contribution < -0.4 is 0 Å². The summed E-state index contributed by atoms with van der Waals surface area (Å²) in [5.41, 5.74) is 1.24. The van der Waals surface area contributed by atoms with Crippen LogP contribution in [0.4, 0.5) is 0 Å². The number of benzene rings is 1. The summed E-state index contributed by atoms with van der Waals surface area (Å²) in [6.45, 7) is 0. The molecule has 0 atom stereocenters. The van der Waals surface area contributed by atoms with Gasteiger partial charge in [-0.2, -0.15) is 5.10 Å². The molecule has 0 aliphatic carbocycles. The molecule has 0 saturated carbocycles. The number of fused-ring (bicyclic) bond motifs is 1. The summed E-state index contributed by atoms with van der Waals surface area (Å²) in [6, 6.07) is 11.0. The van der Waals surface area contributed by atoms with E-state index in [-0.39, 0.29) is 5.78 Å². The van der Waals surface area contributed by atoms with Crippen LogP contribution in [0.3, 0.4) is 0 Å². The summed E-state index contributed by atoms with van der Waals surface area (Å²) in [6.07, 6.45) is 1.59. The minimum Gasteiger partial charge on any atom is -0.453 e. The standard InChI is InChI=1S/C13H10N2O2/c1-15-10(6-7-14-15)13(16)12-8-9-4-2-3-5-11(9)17-12/h2-8H,1H3. The fourth-order valence-corrected chi connectivity index (χ4v) is 1.82. The van der Waals surface area contributed by atoms with Crippen molar-refractivity contribution in [3.8, 4) is 0 Å². The molecule has 0 N–H and O–H groups in total. The highest BCUT2D eigenvalue weighted by molar-refractivity contribution is 6.07. The van der Waals surface area contributed by atoms with Crippen molar-refractivity contribution in [2.75, 3.05) is 0 Å². The molecule has 3 aromatic rings. The average molecular weight is 226 g/mol. The van der Waals surface area contributed by atoms with Gasteiger partial charge in [-0.3, -0.25) is 9.48 Å². The molecule has 0 bridgehead atoms. The van der Waals surface area contributed by atoms with E-state index in [1.165, 1.54) is 4.68 Å². The molecule has 0 saturated heterocycles. The smallest absolute Gasteiger partial charge is 0.246 e. The molecule has 0 fully saturated rings. The summed E-state index contributed by atoms with van der Waals surface area (Å²) in [5, 5.41) is 4.90. The lowest BCUT2D eigenvalue weighted by molar-refractivity contribution is 0.100. The number of para-hydroxylation sites is 1. The first-order valence-electron chi connectivity index (χ1n) is 5.27. The van der Waals surface area contributed by atoms with E-state index in [0.29, 0.717) is 11.5 Å². The molecular formula is C13H10N2O2. The van der Waals surface area contributed by atoms with Crippen LogP contribution in [0.2, 0.25) is 0 Å². The van der Waals surface area contributed by atoms with Crippen LogP contribution >= 0.6 is 0 Å². The molecule has 0 aliphatic heterocycles. The van der Waals surface area contributed by atoms with Crippen LogP contribution in [-0.4, -0.2) is 15.6 Å². The minimum absolute atomic E-state index is 0.152. The third-order valence-corrected chi connectivity index (χ3v) is 2.70. The summed E-state index contributed by atoms with van der Waals surface area (Å²) in [7, 11) is 1.73. The lowest BCUT2D eigenvalue weighted by Crippen LogP contribution is -2.06. The number of carbonyl (C=O) groups excluding carboxylic acids is 1. The quantitative estimate of drug-likeness (QED) is 0.630. The molecule has 0 amide bonds. The SMILES string of the molecule is Cn1nccc1C(=O)c1cc2ccccc2o1. The van der Waals surface area contributed by atoms with Crippen molar-refractivity contribution in [2.24, 2.45) is 7.05 Å². The van der Waals surface area contributed by atoms with Crippen molar-refractivity contribution in [1.29, 1.82) is 0 Å². The maximum atomic E-state index is 12.1. The molecule has 0 unspecified atom stereocenters. The maximum Gasteiger partial charge on any atom is 0.246 e. The lowest BCUT2D eigenvalue weighted by Gasteiger charge is -1.96. The first-order chi connectivity index (χ1) is 8.25. The van der Waals surface area contributed by atoms with Crippen molar-refractivity contribution in [1.82, 2.24) is 9.78 Å². The van der Waals surface area contributed by atoms with Crippen LogP contribution in [0, 0.1) is 0 Å². The Morgan fingerprint density at radius 2 is 2.12 bits per heavy atom. The van der Waals surface area contributed by atoms with Crippen molar-refractivity contribution in [3.05, 3.63) is 54.0 Å². The topological polar surface area (TPSA) is 48.0 Å². The molecule has 3 rings (SSSR count). The van der Waals surface area contributed by atoms with Gasteiger partial charge in [0.15, 0.2) is 5.76 Å². The molecule has 2 heterocycles. The maximum absolute atomic E-state index is 12.1. The van der Waals surface area contributed by atoms with E-state index in [0.717, 1.165) is 11.0 Å². The van der Waals surface area contributed by atoms with Crippen LogP contribution in [0.25, 0.3) is 11.0 Å². The largest absolute Gasteiger partial charge is 0.453 e. The predicted octanol–water partition coefficient (Wildman–Crippen LogP) is 2.40. The van der Waals surface area contributed by atoms with Gasteiger partial charge in [-0.1, -0.05) is 18.2 Å². The second kappa shape index (κ2) is 3.59. The molecule has 2 aromatic heterocycles. The van der Waals surface area contributed by atoms with Crippen molar-refractivity contribution < 1.29 is 9.21 Å². The van der Waals surface area contributed by atoms with Gasteiger partial charge >= 0.3 is 0 Å². The number of hydrogen-bond acceptors (Lipinski definition) is 3. The van der Waals surface area contributed by atoms with Crippen molar-refractivity contribution >= 4 is 16.8 Å². The number of aromatic nitrogens is 2. The third-order valence-electron chi connectivity index (χ3n) is 2.70. The monoisotopic (exact) mass is 226 g/mol. The molecule has 17 heavy (non-hydrogen) atoms. The van der Waals surface area contributed by atoms with E-state index in [2.05, 4.69) is 5.10 Å². The molecule has 0 spiro atoms. The highest BCUT2D eigenvalue weighted by Gasteiger charge is 2.17. The Morgan fingerprint density at radius 3 is 2.82 bits per heavy atom. The fraction of sp³-hybridized carbons (Fsp3) is 0.0769. The Bertz CT molecular complexity index is 661. The molecular weight excluding hydrogens is 216 g/mol. The highest BCUT2D eigenvalue weighted by atomic mass is 16.3. The normalized spacial score (nSPS) is 10.9. The molecule has 0 radical (unpaired) electrons. The van der Waals surface area contributed by atoms with Gasteiger partial charge < -0.3 is 4.42 Å². The zero-order chi connectivity index (χ0) is 11.8. The number of aryl methyl sites for hydroxylation is 1. The number of ketones is 1. The van der Waals surface area contributed by atoms with Crippen LogP contribution in [0.1, 0.15) is 16.2 Å². The molecule has 4 nitrogen and oxygen atoms in total. The van der Waals surface area contributed by atoms with E-state index in [1.54, 1.807) is 25.4 Å². The number of rotatable bonds is 2. The Labute approximate surface area is 97.5 Å². The van der Waals surface area contributed by atoms with Gasteiger partial charge in [0.1, 0.15) is 11.3 Å². The van der Waals surface area contributed by atoms with Crippen molar-refractivity contribution in [2.45, 2.75) is 0 Å². The third kappa shape index (κ3) is 1.54. The number of carbonyl (C=O) groups is 1. The summed E-state index contributed by atoms with van der Waals surface area (Å²) in [4.78, 5) is 12.1. The number of hydrogen-bond donors (Lipinski definition) is 0. The Kier molecular flexibility index (Phi) is 2.08. The van der Waals surface area contributed by atoms with Gasteiger partial charge in [0.25, 0.3) is 0 Å². The van der Waals surface area contributed by atoms with Crippen LogP contribution in [0.5, 0.6) is 0 Å². The highest BCUT2D eigenvalue weighted by Crippen LogP contribution is 2.20. The Hall–Kier alpha value is -2.36. The zero-order valence-corrected chi connectivity index (χ0v) is 9.25. The molecule has 1 aromatic carbocycles. The van der Waals surface area contributed by atoms with Gasteiger partial charge in [-0.05, 0) is 18.2 Å². The second-order valence-electron chi connectivity index (χ2n) is 3.82. The van der Waals surface area contributed by atoms with E-state index in [9.17, 15) is 4.79 Å². The fourth-order valence-electron chi connectivity index (χ4n) is 1.82. The van der Waals surface area contributed by atoms with Gasteiger partial charge in [-0.25, -0.2) is 0 Å². The molecule has 84 valence electrons. The van der Waals surface area contributed by atoms with Crippen LogP contribution in [-0.2, 0) is 7.05 Å². The van der Waals surface area contributed by atoms with E-state index in [1.807, 2.05) is 24.3 Å². The van der Waals surface area contributed by atoms with E-state index < -0.39 is 0 Å². The first-order valence-corrected chi connectivity index (χ1v) is 5.27. The average Bonchev–Trinajstić information content (AvgIpc) is 2.93. The Morgan fingerprint density at radius 1 is 1.29 bits per heavy atom. The zero-order valence-electron chi connectivity index (χ0n) is 9.25. The molecule has 4 heteroatoms.